The van der Waals surface area contributed by atoms with Crippen LogP contribution in [0.5, 0.6) is 0 Å². The third kappa shape index (κ3) is 4.77. The fourth-order valence-corrected chi connectivity index (χ4v) is 1.83. The molecule has 0 aromatic heterocycles. The number of nitriles is 1. The second-order valence-corrected chi connectivity index (χ2v) is 5.62. The third-order valence-electron chi connectivity index (χ3n) is 2.53. The van der Waals surface area contributed by atoms with E-state index in [0.29, 0.717) is 0 Å². The van der Waals surface area contributed by atoms with Crippen molar-refractivity contribution in [1.82, 2.24) is 0 Å². The minimum atomic E-state index is -0.526. The maximum absolute atomic E-state index is 11.8. The molecule has 1 rings (SSSR count). The van der Waals surface area contributed by atoms with Crippen molar-refractivity contribution >= 4 is 17.9 Å². The van der Waals surface area contributed by atoms with Gasteiger partial charge in [0, 0.05) is 11.8 Å². The Morgan fingerprint density at radius 2 is 1.85 bits per heavy atom. The standard InChI is InChI=1S/C16H20N2O2/c1-11-9-13(7-6-8-17)10-12(2)14(11)18-15(19)20-16(3,4)5/h6-7,9-10H,1-5H3,(H,18,19)/b7-6+. The van der Waals surface area contributed by atoms with Gasteiger partial charge in [-0.05, 0) is 69.5 Å². The van der Waals surface area contributed by atoms with Crippen molar-refractivity contribution in [1.29, 1.82) is 5.26 Å². The molecular weight excluding hydrogens is 252 g/mol. The lowest BCUT2D eigenvalue weighted by Crippen LogP contribution is -2.27. The van der Waals surface area contributed by atoms with Gasteiger partial charge in [-0.1, -0.05) is 0 Å². The Labute approximate surface area is 120 Å². The molecule has 0 spiro atoms. The van der Waals surface area contributed by atoms with Crippen LogP contribution >= 0.6 is 0 Å². The van der Waals surface area contributed by atoms with Crippen LogP contribution in [-0.4, -0.2) is 11.7 Å². The topological polar surface area (TPSA) is 62.1 Å². The highest BCUT2D eigenvalue weighted by Gasteiger charge is 2.17. The summed E-state index contributed by atoms with van der Waals surface area (Å²) in [7, 11) is 0. The number of allylic oxidation sites excluding steroid dienone is 1. The number of hydrogen-bond acceptors (Lipinski definition) is 3. The summed E-state index contributed by atoms with van der Waals surface area (Å²) in [5.74, 6) is 0. The third-order valence-corrected chi connectivity index (χ3v) is 2.53. The van der Waals surface area contributed by atoms with Crippen molar-refractivity contribution in [2.75, 3.05) is 5.32 Å². The number of nitrogens with one attached hydrogen (secondary N) is 1. The first kappa shape index (κ1) is 15.8. The summed E-state index contributed by atoms with van der Waals surface area (Å²) in [6, 6.07) is 5.78. The molecule has 0 atom stereocenters. The van der Waals surface area contributed by atoms with E-state index in [0.717, 1.165) is 22.4 Å². The first-order valence-electron chi connectivity index (χ1n) is 6.40. The van der Waals surface area contributed by atoms with Gasteiger partial charge < -0.3 is 4.74 Å². The largest absolute Gasteiger partial charge is 0.444 e. The highest BCUT2D eigenvalue weighted by Crippen LogP contribution is 2.23. The molecule has 0 heterocycles. The van der Waals surface area contributed by atoms with Gasteiger partial charge in [-0.25, -0.2) is 4.79 Å². The quantitative estimate of drug-likeness (QED) is 0.821. The van der Waals surface area contributed by atoms with E-state index in [2.05, 4.69) is 5.32 Å². The molecule has 0 aliphatic rings. The molecule has 4 heteroatoms. The lowest BCUT2D eigenvalue weighted by atomic mass is 10.0. The highest BCUT2D eigenvalue weighted by molar-refractivity contribution is 5.87. The molecule has 20 heavy (non-hydrogen) atoms. The average molecular weight is 272 g/mol. The molecule has 106 valence electrons. The molecule has 1 N–H and O–H groups in total. The van der Waals surface area contributed by atoms with Crippen LogP contribution in [0.25, 0.3) is 6.08 Å². The number of rotatable bonds is 2. The van der Waals surface area contributed by atoms with Gasteiger partial charge in [0.15, 0.2) is 0 Å². The molecule has 0 radical (unpaired) electrons. The maximum Gasteiger partial charge on any atom is 0.412 e. The summed E-state index contributed by atoms with van der Waals surface area (Å²) in [5, 5.41) is 11.3. The molecule has 1 aromatic rings. The van der Waals surface area contributed by atoms with Crippen LogP contribution in [0.3, 0.4) is 0 Å². The number of ether oxygens (including phenoxy) is 1. The fraction of sp³-hybridized carbons (Fsp3) is 0.375. The van der Waals surface area contributed by atoms with Crippen molar-refractivity contribution in [2.24, 2.45) is 0 Å². The minimum Gasteiger partial charge on any atom is -0.444 e. The Bertz CT molecular complexity index is 552. The lowest BCUT2D eigenvalue weighted by Gasteiger charge is -2.21. The highest BCUT2D eigenvalue weighted by atomic mass is 16.6. The van der Waals surface area contributed by atoms with Gasteiger partial charge in [0.1, 0.15) is 5.60 Å². The predicted octanol–water partition coefficient (Wildman–Crippen LogP) is 4.19. The summed E-state index contributed by atoms with van der Waals surface area (Å²) < 4.78 is 5.24. The number of amides is 1. The van der Waals surface area contributed by atoms with E-state index in [1.165, 1.54) is 6.08 Å². The van der Waals surface area contributed by atoms with Crippen molar-refractivity contribution < 1.29 is 9.53 Å². The van der Waals surface area contributed by atoms with Crippen LogP contribution in [0.1, 0.15) is 37.5 Å². The van der Waals surface area contributed by atoms with Crippen LogP contribution in [0.4, 0.5) is 10.5 Å². The summed E-state index contributed by atoms with van der Waals surface area (Å²) in [4.78, 5) is 11.8. The minimum absolute atomic E-state index is 0.469. The molecule has 4 nitrogen and oxygen atoms in total. The van der Waals surface area contributed by atoms with Crippen molar-refractivity contribution in [3.63, 3.8) is 0 Å². The predicted molar refractivity (Wildman–Crippen MR) is 80.4 cm³/mol. The summed E-state index contributed by atoms with van der Waals surface area (Å²) in [5.41, 5.74) is 2.99. The van der Waals surface area contributed by atoms with E-state index in [4.69, 9.17) is 10.00 Å². The molecule has 0 saturated heterocycles. The molecular formula is C16H20N2O2. The van der Waals surface area contributed by atoms with Crippen LogP contribution in [0.15, 0.2) is 18.2 Å². The molecule has 0 saturated carbocycles. The van der Waals surface area contributed by atoms with Gasteiger partial charge in [-0.15, -0.1) is 0 Å². The normalized spacial score (nSPS) is 11.2. The van der Waals surface area contributed by atoms with E-state index in [9.17, 15) is 4.79 Å². The van der Waals surface area contributed by atoms with Gasteiger partial charge in [0.05, 0.1) is 6.07 Å². The first-order chi connectivity index (χ1) is 9.23. The number of carbonyl (C=O) groups excluding carboxylic acids is 1. The summed E-state index contributed by atoms with van der Waals surface area (Å²) >= 11 is 0. The van der Waals surface area contributed by atoms with Crippen molar-refractivity contribution in [3.8, 4) is 6.07 Å². The molecule has 1 aromatic carbocycles. The van der Waals surface area contributed by atoms with Gasteiger partial charge in [0.2, 0.25) is 0 Å². The van der Waals surface area contributed by atoms with E-state index >= 15 is 0 Å². The zero-order valence-electron chi connectivity index (χ0n) is 12.6. The summed E-state index contributed by atoms with van der Waals surface area (Å²) in [6.45, 7) is 9.28. The molecule has 0 aliphatic heterocycles. The number of nitrogens with zero attached hydrogens (tertiary/aromatic N) is 1. The monoisotopic (exact) mass is 272 g/mol. The first-order valence-corrected chi connectivity index (χ1v) is 6.40. The Kier molecular flexibility index (Phi) is 4.93. The van der Waals surface area contributed by atoms with Gasteiger partial charge in [-0.2, -0.15) is 5.26 Å². The van der Waals surface area contributed by atoms with Crippen LogP contribution in [-0.2, 0) is 4.74 Å². The Hall–Kier alpha value is -2.28. The lowest BCUT2D eigenvalue weighted by molar-refractivity contribution is 0.0635. The Morgan fingerprint density at radius 1 is 1.30 bits per heavy atom. The molecule has 0 fully saturated rings. The summed E-state index contributed by atoms with van der Waals surface area (Å²) in [6.07, 6.45) is 2.69. The SMILES string of the molecule is Cc1cc(/C=C/C#N)cc(C)c1NC(=O)OC(C)(C)C. The Morgan fingerprint density at radius 3 is 2.30 bits per heavy atom. The van der Waals surface area contributed by atoms with Crippen LogP contribution in [0, 0.1) is 25.2 Å². The zero-order valence-corrected chi connectivity index (χ0v) is 12.6. The zero-order chi connectivity index (χ0) is 15.3. The second-order valence-electron chi connectivity index (χ2n) is 5.62. The van der Waals surface area contributed by atoms with Crippen molar-refractivity contribution in [3.05, 3.63) is 34.9 Å². The maximum atomic E-state index is 11.8. The smallest absolute Gasteiger partial charge is 0.412 e. The molecule has 0 bridgehead atoms. The fourth-order valence-electron chi connectivity index (χ4n) is 1.83. The van der Waals surface area contributed by atoms with Gasteiger partial charge in [0.25, 0.3) is 0 Å². The van der Waals surface area contributed by atoms with Gasteiger partial charge in [-0.3, -0.25) is 5.32 Å². The van der Waals surface area contributed by atoms with Crippen molar-refractivity contribution in [2.45, 2.75) is 40.2 Å². The number of anilines is 1. The number of benzene rings is 1. The average Bonchev–Trinajstić information content (AvgIpc) is 2.29. The molecule has 1 amide bonds. The van der Waals surface area contributed by atoms with E-state index in [-0.39, 0.29) is 0 Å². The van der Waals surface area contributed by atoms with Crippen LogP contribution < -0.4 is 5.32 Å². The molecule has 0 aliphatic carbocycles. The Balaban J connectivity index is 2.95. The number of hydrogen-bond donors (Lipinski definition) is 1. The van der Waals surface area contributed by atoms with Crippen LogP contribution in [0.2, 0.25) is 0 Å². The molecule has 0 unspecified atom stereocenters. The van der Waals surface area contributed by atoms with Gasteiger partial charge >= 0.3 is 6.09 Å². The number of aryl methyl sites for hydroxylation is 2. The van der Waals surface area contributed by atoms with E-state index in [1.54, 1.807) is 6.08 Å². The van der Waals surface area contributed by atoms with E-state index in [1.807, 2.05) is 52.8 Å². The number of carbonyl (C=O) groups is 1. The second kappa shape index (κ2) is 6.25. The van der Waals surface area contributed by atoms with E-state index < -0.39 is 11.7 Å².